The van der Waals surface area contributed by atoms with E-state index in [1.165, 1.54) is 0 Å². The maximum absolute atomic E-state index is 11.8. The number of aliphatic hydroxyl groups excluding tert-OH is 1. The zero-order valence-corrected chi connectivity index (χ0v) is 11.7. The molecule has 4 nitrogen and oxygen atoms in total. The Bertz CT molecular complexity index is 584. The van der Waals surface area contributed by atoms with Crippen molar-refractivity contribution in [1.29, 1.82) is 0 Å². The van der Waals surface area contributed by atoms with E-state index in [9.17, 15) is 15.0 Å². The quantitative estimate of drug-likeness (QED) is 0.762. The van der Waals surface area contributed by atoms with Crippen LogP contribution >= 0.6 is 0 Å². The number of hydrogen-bond acceptors (Lipinski definition) is 3. The van der Waals surface area contributed by atoms with Crippen LogP contribution in [0.1, 0.15) is 23.7 Å². The van der Waals surface area contributed by atoms with Gasteiger partial charge in [-0.25, -0.2) is 0 Å². The van der Waals surface area contributed by atoms with Crippen LogP contribution in [0.25, 0.3) is 0 Å². The van der Waals surface area contributed by atoms with Crippen molar-refractivity contribution in [2.75, 3.05) is 6.54 Å². The van der Waals surface area contributed by atoms with E-state index in [0.717, 1.165) is 11.1 Å². The molecule has 2 aromatic rings. The minimum Gasteiger partial charge on any atom is -0.508 e. The van der Waals surface area contributed by atoms with Crippen molar-refractivity contribution in [2.45, 2.75) is 18.9 Å². The first-order valence-corrected chi connectivity index (χ1v) is 6.93. The van der Waals surface area contributed by atoms with Crippen LogP contribution in [0.5, 0.6) is 5.75 Å². The lowest BCUT2D eigenvalue weighted by molar-refractivity contribution is -0.120. The fourth-order valence-electron chi connectivity index (χ4n) is 2.10. The molecule has 0 bridgehead atoms. The molecule has 0 heterocycles. The van der Waals surface area contributed by atoms with Gasteiger partial charge in [0.25, 0.3) is 0 Å². The van der Waals surface area contributed by atoms with Crippen molar-refractivity contribution in [3.8, 4) is 5.75 Å². The number of phenolic OH excluding ortho intramolecular Hbond substituents is 1. The summed E-state index contributed by atoms with van der Waals surface area (Å²) in [6, 6.07) is 16.0. The summed E-state index contributed by atoms with van der Waals surface area (Å²) in [5, 5.41) is 22.1. The molecule has 2 rings (SSSR count). The molecule has 0 radical (unpaired) electrons. The minimum absolute atomic E-state index is 0.124. The number of rotatable bonds is 6. The Hall–Kier alpha value is -2.33. The molecule has 110 valence electrons. The van der Waals surface area contributed by atoms with Gasteiger partial charge in [-0.1, -0.05) is 42.5 Å². The summed E-state index contributed by atoms with van der Waals surface area (Å²) >= 11 is 0. The van der Waals surface area contributed by atoms with E-state index >= 15 is 0 Å². The zero-order chi connectivity index (χ0) is 15.1. The van der Waals surface area contributed by atoms with Gasteiger partial charge in [0.1, 0.15) is 5.75 Å². The topological polar surface area (TPSA) is 69.6 Å². The lowest BCUT2D eigenvalue weighted by Crippen LogP contribution is -2.27. The number of hydrogen-bond donors (Lipinski definition) is 3. The number of amides is 1. The Morgan fingerprint density at radius 1 is 1.10 bits per heavy atom. The molecule has 0 aliphatic heterocycles. The van der Waals surface area contributed by atoms with Gasteiger partial charge in [-0.2, -0.15) is 0 Å². The van der Waals surface area contributed by atoms with Gasteiger partial charge in [0.2, 0.25) is 5.91 Å². The Kier molecular flexibility index (Phi) is 5.35. The van der Waals surface area contributed by atoms with Gasteiger partial charge < -0.3 is 15.5 Å². The fraction of sp³-hybridized carbons (Fsp3) is 0.235. The summed E-state index contributed by atoms with van der Waals surface area (Å²) in [4.78, 5) is 11.8. The molecule has 1 amide bonds. The molecule has 21 heavy (non-hydrogen) atoms. The summed E-state index contributed by atoms with van der Waals surface area (Å²) in [7, 11) is 0. The third-order valence-electron chi connectivity index (χ3n) is 3.20. The van der Waals surface area contributed by atoms with E-state index in [1.807, 2.05) is 30.3 Å². The standard InChI is InChI=1S/C17H19NO3/c19-15-8-4-5-13(11-15)12-17(21)18-10-9-16(20)14-6-2-1-3-7-14/h1-8,11,16,19-20H,9-10,12H2,(H,18,21)/t16-/m0/s1. The summed E-state index contributed by atoms with van der Waals surface area (Å²) < 4.78 is 0. The first-order chi connectivity index (χ1) is 10.1. The SMILES string of the molecule is O=C(Cc1cccc(O)c1)NCC[C@H](O)c1ccccc1. The van der Waals surface area contributed by atoms with Crippen LogP contribution < -0.4 is 5.32 Å². The lowest BCUT2D eigenvalue weighted by atomic mass is 10.1. The molecule has 0 aromatic heterocycles. The third kappa shape index (κ3) is 4.93. The van der Waals surface area contributed by atoms with E-state index < -0.39 is 6.10 Å². The smallest absolute Gasteiger partial charge is 0.224 e. The first kappa shape index (κ1) is 15.1. The molecule has 0 saturated heterocycles. The number of nitrogens with one attached hydrogen (secondary N) is 1. The average Bonchev–Trinajstić information content (AvgIpc) is 2.48. The molecule has 0 fully saturated rings. The number of aromatic hydroxyl groups is 1. The van der Waals surface area contributed by atoms with Gasteiger partial charge >= 0.3 is 0 Å². The Labute approximate surface area is 124 Å². The molecular weight excluding hydrogens is 266 g/mol. The van der Waals surface area contributed by atoms with Gasteiger partial charge in [0, 0.05) is 6.54 Å². The molecule has 0 aliphatic rings. The second kappa shape index (κ2) is 7.45. The second-order valence-corrected chi connectivity index (χ2v) is 4.91. The van der Waals surface area contributed by atoms with Crippen LogP contribution in [0.2, 0.25) is 0 Å². The largest absolute Gasteiger partial charge is 0.508 e. The molecule has 3 N–H and O–H groups in total. The summed E-state index contributed by atoms with van der Waals surface area (Å²) in [5.74, 6) is 0.0284. The molecule has 2 aromatic carbocycles. The van der Waals surface area contributed by atoms with Crippen LogP contribution in [-0.2, 0) is 11.2 Å². The van der Waals surface area contributed by atoms with Crippen LogP contribution in [0.3, 0.4) is 0 Å². The summed E-state index contributed by atoms with van der Waals surface area (Å²) in [5.41, 5.74) is 1.61. The van der Waals surface area contributed by atoms with Crippen molar-refractivity contribution in [3.63, 3.8) is 0 Å². The maximum atomic E-state index is 11.8. The van der Waals surface area contributed by atoms with Gasteiger partial charge in [-0.15, -0.1) is 0 Å². The van der Waals surface area contributed by atoms with Crippen molar-refractivity contribution in [1.82, 2.24) is 5.32 Å². The highest BCUT2D eigenvalue weighted by Crippen LogP contribution is 2.15. The highest BCUT2D eigenvalue weighted by molar-refractivity contribution is 5.78. The van der Waals surface area contributed by atoms with E-state index in [4.69, 9.17) is 0 Å². The van der Waals surface area contributed by atoms with Crippen LogP contribution in [0.4, 0.5) is 0 Å². The van der Waals surface area contributed by atoms with Crippen molar-refractivity contribution in [3.05, 3.63) is 65.7 Å². The van der Waals surface area contributed by atoms with Gasteiger partial charge in [-0.05, 0) is 29.7 Å². The van der Waals surface area contributed by atoms with E-state index in [1.54, 1.807) is 24.3 Å². The molecular formula is C17H19NO3. The molecule has 0 spiro atoms. The molecule has 4 heteroatoms. The number of benzene rings is 2. The highest BCUT2D eigenvalue weighted by atomic mass is 16.3. The van der Waals surface area contributed by atoms with Crippen LogP contribution in [-0.4, -0.2) is 22.7 Å². The van der Waals surface area contributed by atoms with E-state index in [0.29, 0.717) is 13.0 Å². The molecule has 0 unspecified atom stereocenters. The summed E-state index contributed by atoms with van der Waals surface area (Å²) in [6.45, 7) is 0.410. The maximum Gasteiger partial charge on any atom is 0.224 e. The number of phenols is 1. The van der Waals surface area contributed by atoms with E-state index in [-0.39, 0.29) is 18.1 Å². The predicted molar refractivity (Wildman–Crippen MR) is 80.8 cm³/mol. The highest BCUT2D eigenvalue weighted by Gasteiger charge is 2.08. The monoisotopic (exact) mass is 285 g/mol. The Morgan fingerprint density at radius 3 is 2.57 bits per heavy atom. The van der Waals surface area contributed by atoms with Crippen molar-refractivity contribution in [2.24, 2.45) is 0 Å². The third-order valence-corrected chi connectivity index (χ3v) is 3.20. The zero-order valence-electron chi connectivity index (χ0n) is 11.7. The lowest BCUT2D eigenvalue weighted by Gasteiger charge is -2.11. The molecule has 1 atom stereocenters. The van der Waals surface area contributed by atoms with Crippen LogP contribution in [0, 0.1) is 0 Å². The average molecular weight is 285 g/mol. The minimum atomic E-state index is -0.577. The first-order valence-electron chi connectivity index (χ1n) is 6.93. The number of aliphatic hydroxyl groups is 1. The van der Waals surface area contributed by atoms with Gasteiger partial charge in [-0.3, -0.25) is 4.79 Å². The van der Waals surface area contributed by atoms with Gasteiger partial charge in [0.05, 0.1) is 12.5 Å². The molecule has 0 saturated carbocycles. The predicted octanol–water partition coefficient (Wildman–Crippen LogP) is 2.17. The van der Waals surface area contributed by atoms with Crippen LogP contribution in [0.15, 0.2) is 54.6 Å². The number of carbonyl (C=O) groups excluding carboxylic acids is 1. The Morgan fingerprint density at radius 2 is 1.86 bits per heavy atom. The molecule has 0 aliphatic carbocycles. The fourth-order valence-corrected chi connectivity index (χ4v) is 2.10. The van der Waals surface area contributed by atoms with E-state index in [2.05, 4.69) is 5.32 Å². The van der Waals surface area contributed by atoms with Gasteiger partial charge in [0.15, 0.2) is 0 Å². The van der Waals surface area contributed by atoms with Crippen molar-refractivity contribution >= 4 is 5.91 Å². The normalized spacial score (nSPS) is 11.9. The summed E-state index contributed by atoms with van der Waals surface area (Å²) in [6.07, 6.45) is 0.110. The van der Waals surface area contributed by atoms with Crippen molar-refractivity contribution < 1.29 is 15.0 Å². The number of carbonyl (C=O) groups is 1. The Balaban J connectivity index is 1.74. The second-order valence-electron chi connectivity index (χ2n) is 4.91.